The van der Waals surface area contributed by atoms with E-state index in [4.69, 9.17) is 0 Å². The standard InChI is InChI=1S/C10H9FN2O2/c1-12-9(14)6-13(10(12)15)8-4-2-7(11)3-5-8/h2-5H,6H2,1H3. The molecule has 0 aromatic heterocycles. The number of hydrogen-bond acceptors (Lipinski definition) is 2. The number of nitrogens with zero attached hydrogens (tertiary/aromatic N) is 2. The van der Waals surface area contributed by atoms with Crippen molar-refractivity contribution < 1.29 is 14.0 Å². The summed E-state index contributed by atoms with van der Waals surface area (Å²) in [5.41, 5.74) is 0.527. The number of carbonyl (C=O) groups is 2. The Balaban J connectivity index is 2.29. The highest BCUT2D eigenvalue weighted by Crippen LogP contribution is 2.20. The third kappa shape index (κ3) is 1.56. The van der Waals surface area contributed by atoms with Crippen molar-refractivity contribution >= 4 is 17.6 Å². The van der Waals surface area contributed by atoms with E-state index in [0.29, 0.717) is 5.69 Å². The molecule has 1 heterocycles. The number of urea groups is 1. The molecule has 1 saturated heterocycles. The number of anilines is 1. The Morgan fingerprint density at radius 3 is 2.27 bits per heavy atom. The molecule has 1 aromatic carbocycles. The van der Waals surface area contributed by atoms with Gasteiger partial charge in [-0.05, 0) is 24.3 Å². The summed E-state index contributed by atoms with van der Waals surface area (Å²) in [6.45, 7) is 0.0148. The van der Waals surface area contributed by atoms with Gasteiger partial charge in [-0.2, -0.15) is 0 Å². The Morgan fingerprint density at radius 2 is 1.80 bits per heavy atom. The molecule has 4 nitrogen and oxygen atoms in total. The summed E-state index contributed by atoms with van der Waals surface area (Å²) in [5, 5.41) is 0. The third-order valence-corrected chi connectivity index (χ3v) is 2.32. The predicted molar refractivity (Wildman–Crippen MR) is 51.9 cm³/mol. The molecule has 5 heteroatoms. The molecule has 1 aromatic rings. The molecule has 1 aliphatic heterocycles. The number of imide groups is 1. The highest BCUT2D eigenvalue weighted by Gasteiger charge is 2.33. The second-order valence-electron chi connectivity index (χ2n) is 3.30. The second-order valence-corrected chi connectivity index (χ2v) is 3.30. The van der Waals surface area contributed by atoms with Crippen LogP contribution >= 0.6 is 0 Å². The van der Waals surface area contributed by atoms with Crippen molar-refractivity contribution in [3.63, 3.8) is 0 Å². The molecule has 2 rings (SSSR count). The monoisotopic (exact) mass is 208 g/mol. The molecule has 15 heavy (non-hydrogen) atoms. The van der Waals surface area contributed by atoms with Crippen LogP contribution in [0.15, 0.2) is 24.3 Å². The van der Waals surface area contributed by atoms with E-state index in [9.17, 15) is 14.0 Å². The van der Waals surface area contributed by atoms with Crippen molar-refractivity contribution in [2.75, 3.05) is 18.5 Å². The number of hydrogen-bond donors (Lipinski definition) is 0. The first-order valence-corrected chi connectivity index (χ1v) is 4.43. The van der Waals surface area contributed by atoms with E-state index < -0.39 is 0 Å². The van der Waals surface area contributed by atoms with E-state index in [-0.39, 0.29) is 24.3 Å². The van der Waals surface area contributed by atoms with E-state index in [1.165, 1.54) is 36.2 Å². The Labute approximate surface area is 85.9 Å². The van der Waals surface area contributed by atoms with E-state index in [0.717, 1.165) is 4.90 Å². The summed E-state index contributed by atoms with van der Waals surface area (Å²) in [7, 11) is 1.42. The first kappa shape index (κ1) is 9.64. The van der Waals surface area contributed by atoms with Crippen LogP contribution in [0.2, 0.25) is 0 Å². The summed E-state index contributed by atoms with van der Waals surface area (Å²) in [6.07, 6.45) is 0. The normalized spacial score (nSPS) is 16.4. The lowest BCUT2D eigenvalue weighted by Gasteiger charge is -2.14. The lowest BCUT2D eigenvalue weighted by atomic mass is 10.3. The minimum atomic E-state index is -0.383. The molecule has 78 valence electrons. The van der Waals surface area contributed by atoms with Crippen molar-refractivity contribution in [1.29, 1.82) is 0 Å². The average Bonchev–Trinajstić information content (AvgIpc) is 2.47. The Morgan fingerprint density at radius 1 is 1.20 bits per heavy atom. The first-order valence-electron chi connectivity index (χ1n) is 4.43. The van der Waals surface area contributed by atoms with Crippen molar-refractivity contribution in [1.82, 2.24) is 4.90 Å². The molecule has 0 spiro atoms. The summed E-state index contributed by atoms with van der Waals surface area (Å²) >= 11 is 0. The Bertz CT molecular complexity index is 416. The topological polar surface area (TPSA) is 40.6 Å². The predicted octanol–water partition coefficient (Wildman–Crippen LogP) is 1.22. The zero-order chi connectivity index (χ0) is 11.0. The molecule has 3 amide bonds. The maximum Gasteiger partial charge on any atom is 0.331 e. The van der Waals surface area contributed by atoms with Gasteiger partial charge in [0.05, 0.1) is 0 Å². The van der Waals surface area contributed by atoms with Crippen molar-refractivity contribution in [2.45, 2.75) is 0 Å². The summed E-state index contributed by atoms with van der Waals surface area (Å²) in [4.78, 5) is 25.1. The van der Waals surface area contributed by atoms with Gasteiger partial charge in [0.25, 0.3) is 0 Å². The van der Waals surface area contributed by atoms with Crippen molar-refractivity contribution in [2.24, 2.45) is 0 Å². The number of amides is 3. The lowest BCUT2D eigenvalue weighted by molar-refractivity contribution is -0.123. The van der Waals surface area contributed by atoms with Gasteiger partial charge in [-0.15, -0.1) is 0 Å². The zero-order valence-corrected chi connectivity index (χ0v) is 8.11. The quantitative estimate of drug-likeness (QED) is 0.651. The maximum absolute atomic E-state index is 12.6. The van der Waals surface area contributed by atoms with Crippen LogP contribution in [0.4, 0.5) is 14.9 Å². The fourth-order valence-electron chi connectivity index (χ4n) is 1.42. The van der Waals surface area contributed by atoms with Gasteiger partial charge in [0.15, 0.2) is 0 Å². The van der Waals surface area contributed by atoms with Gasteiger partial charge in [0, 0.05) is 12.7 Å². The minimum Gasteiger partial charge on any atom is -0.285 e. The molecule has 0 saturated carbocycles. The van der Waals surface area contributed by atoms with Crippen LogP contribution in [0.1, 0.15) is 0 Å². The number of likely N-dealkylation sites (N-methyl/N-ethyl adjacent to an activating group) is 1. The molecule has 0 unspecified atom stereocenters. The SMILES string of the molecule is CN1C(=O)CN(c2ccc(F)cc2)C1=O. The minimum absolute atomic E-state index is 0.0148. The summed E-state index contributed by atoms with van der Waals surface area (Å²) < 4.78 is 12.6. The van der Waals surface area contributed by atoms with E-state index in [1.807, 2.05) is 0 Å². The first-order chi connectivity index (χ1) is 7.09. The molecule has 0 radical (unpaired) electrons. The Hall–Kier alpha value is -1.91. The van der Waals surface area contributed by atoms with Crippen LogP contribution in [0, 0.1) is 5.82 Å². The van der Waals surface area contributed by atoms with E-state index in [1.54, 1.807) is 0 Å². The van der Waals surface area contributed by atoms with Gasteiger partial charge >= 0.3 is 6.03 Å². The van der Waals surface area contributed by atoms with Gasteiger partial charge in [0.1, 0.15) is 12.4 Å². The van der Waals surface area contributed by atoms with Gasteiger partial charge in [-0.3, -0.25) is 14.6 Å². The van der Waals surface area contributed by atoms with E-state index in [2.05, 4.69) is 0 Å². The van der Waals surface area contributed by atoms with Crippen LogP contribution in [-0.2, 0) is 4.79 Å². The highest BCUT2D eigenvalue weighted by atomic mass is 19.1. The van der Waals surface area contributed by atoms with Crippen LogP contribution < -0.4 is 4.90 Å². The van der Waals surface area contributed by atoms with Gasteiger partial charge in [0.2, 0.25) is 5.91 Å². The van der Waals surface area contributed by atoms with Crippen LogP contribution in [0.3, 0.4) is 0 Å². The maximum atomic E-state index is 12.6. The number of benzene rings is 1. The highest BCUT2D eigenvalue weighted by molar-refractivity contribution is 6.11. The van der Waals surface area contributed by atoms with Gasteiger partial charge in [-0.25, -0.2) is 9.18 Å². The molecular formula is C10H9FN2O2. The number of carbonyl (C=O) groups excluding carboxylic acids is 2. The van der Waals surface area contributed by atoms with Crippen LogP contribution in [-0.4, -0.2) is 30.4 Å². The zero-order valence-electron chi connectivity index (χ0n) is 8.11. The molecule has 0 N–H and O–H groups in total. The molecule has 0 atom stereocenters. The molecule has 0 bridgehead atoms. The summed E-state index contributed by atoms with van der Waals surface area (Å²) in [5.74, 6) is -0.630. The lowest BCUT2D eigenvalue weighted by Crippen LogP contribution is -2.29. The van der Waals surface area contributed by atoms with Crippen LogP contribution in [0.25, 0.3) is 0 Å². The second kappa shape index (κ2) is 3.34. The fourth-order valence-corrected chi connectivity index (χ4v) is 1.42. The Kier molecular flexibility index (Phi) is 2.15. The number of halogens is 1. The third-order valence-electron chi connectivity index (χ3n) is 2.32. The van der Waals surface area contributed by atoms with Crippen molar-refractivity contribution in [3.8, 4) is 0 Å². The van der Waals surface area contributed by atoms with E-state index >= 15 is 0 Å². The van der Waals surface area contributed by atoms with Crippen LogP contribution in [0.5, 0.6) is 0 Å². The molecule has 1 fully saturated rings. The fraction of sp³-hybridized carbons (Fsp3) is 0.200. The molecular weight excluding hydrogens is 199 g/mol. The summed E-state index contributed by atoms with van der Waals surface area (Å²) in [6, 6.07) is 5.07. The van der Waals surface area contributed by atoms with Crippen molar-refractivity contribution in [3.05, 3.63) is 30.1 Å². The smallest absolute Gasteiger partial charge is 0.285 e. The largest absolute Gasteiger partial charge is 0.331 e. The number of rotatable bonds is 1. The van der Waals surface area contributed by atoms with Gasteiger partial charge < -0.3 is 0 Å². The molecule has 1 aliphatic rings. The average molecular weight is 208 g/mol. The molecule has 0 aliphatic carbocycles. The van der Waals surface area contributed by atoms with Gasteiger partial charge in [-0.1, -0.05) is 0 Å².